The molecule has 2 aromatic carbocycles. The molecule has 2 aliphatic heterocycles. The Bertz CT molecular complexity index is 933. The monoisotopic (exact) mass is 406 g/mol. The molecule has 30 heavy (non-hydrogen) atoms. The molecule has 0 saturated carbocycles. The van der Waals surface area contributed by atoms with Crippen LogP contribution in [-0.4, -0.2) is 36.1 Å². The molecule has 0 fully saturated rings. The first-order valence-electron chi connectivity index (χ1n) is 9.59. The normalized spacial score (nSPS) is 14.7. The van der Waals surface area contributed by atoms with Gasteiger partial charge in [-0.1, -0.05) is 24.3 Å². The van der Waals surface area contributed by atoms with Crippen LogP contribution in [0.3, 0.4) is 0 Å². The van der Waals surface area contributed by atoms with Crippen molar-refractivity contribution in [3.05, 3.63) is 59.7 Å². The molecule has 0 radical (unpaired) electrons. The van der Waals surface area contributed by atoms with Crippen LogP contribution in [0, 0.1) is 0 Å². The van der Waals surface area contributed by atoms with Crippen LogP contribution in [0.2, 0.25) is 0 Å². The van der Waals surface area contributed by atoms with Crippen molar-refractivity contribution in [2.45, 2.75) is 26.1 Å². The molecular weight excluding hydrogens is 386 g/mol. The van der Waals surface area contributed by atoms with E-state index >= 15 is 0 Å². The molecular formula is C20H20B2N2O6. The summed E-state index contributed by atoms with van der Waals surface area (Å²) in [7, 11) is -1.92. The van der Waals surface area contributed by atoms with Gasteiger partial charge in [0.15, 0.2) is 0 Å². The van der Waals surface area contributed by atoms with Gasteiger partial charge in [-0.25, -0.2) is 0 Å². The van der Waals surface area contributed by atoms with Gasteiger partial charge in [-0.05, 0) is 46.3 Å². The van der Waals surface area contributed by atoms with Crippen molar-refractivity contribution in [2.24, 2.45) is 0 Å². The summed E-state index contributed by atoms with van der Waals surface area (Å²) in [4.78, 5) is 24.2. The first-order valence-corrected chi connectivity index (χ1v) is 9.59. The highest BCUT2D eigenvalue weighted by atomic mass is 16.5. The van der Waals surface area contributed by atoms with Crippen LogP contribution in [0.15, 0.2) is 48.6 Å². The summed E-state index contributed by atoms with van der Waals surface area (Å²) < 4.78 is 10.3. The smallest absolute Gasteiger partial charge is 0.423 e. The minimum atomic E-state index is -0.961. The van der Waals surface area contributed by atoms with E-state index in [4.69, 9.17) is 9.31 Å². The predicted octanol–water partition coefficient (Wildman–Crippen LogP) is 0.0356. The zero-order valence-corrected chi connectivity index (χ0v) is 16.1. The Hall–Kier alpha value is -2.91. The number of anilines is 2. The van der Waals surface area contributed by atoms with Crippen LogP contribution >= 0.6 is 0 Å². The summed E-state index contributed by atoms with van der Waals surface area (Å²) in [6.45, 7) is 0.713. The SMILES string of the molecule is O=C(C/C=C/CC(=O)Nc1ccc2c(c1)B(O)OC2)Nc1ccc2c(c1)B(O)OC2. The largest absolute Gasteiger partial charge is 0.491 e. The van der Waals surface area contributed by atoms with Crippen LogP contribution in [0.5, 0.6) is 0 Å². The van der Waals surface area contributed by atoms with Gasteiger partial charge in [-0.3, -0.25) is 9.59 Å². The number of carbonyl (C=O) groups is 2. The Morgan fingerprint density at radius 3 is 1.70 bits per heavy atom. The van der Waals surface area contributed by atoms with Gasteiger partial charge < -0.3 is 30.0 Å². The second kappa shape index (κ2) is 8.85. The van der Waals surface area contributed by atoms with Crippen molar-refractivity contribution in [2.75, 3.05) is 10.6 Å². The first kappa shape index (κ1) is 20.4. The fourth-order valence-electron chi connectivity index (χ4n) is 3.39. The lowest BCUT2D eigenvalue weighted by Crippen LogP contribution is -2.28. The molecule has 2 aromatic rings. The van der Waals surface area contributed by atoms with Crippen LogP contribution in [0.4, 0.5) is 11.4 Å². The standard InChI is InChI=1S/C20H20B2N2O6/c25-19(23-15-7-5-13-11-29-21(27)17(13)9-15)3-1-2-4-20(26)24-16-8-6-14-12-30-22(28)18(14)10-16/h1-2,5-10,27-28H,3-4,11-12H2,(H,23,25)(H,24,26)/b2-1+. The topological polar surface area (TPSA) is 117 Å². The third kappa shape index (κ3) is 4.63. The lowest BCUT2D eigenvalue weighted by Gasteiger charge is -2.06. The van der Waals surface area contributed by atoms with E-state index in [1.54, 1.807) is 36.4 Å². The molecule has 0 atom stereocenters. The van der Waals surface area contributed by atoms with Crippen molar-refractivity contribution in [1.29, 1.82) is 0 Å². The quantitative estimate of drug-likeness (QED) is 0.398. The van der Waals surface area contributed by atoms with Gasteiger partial charge in [-0.2, -0.15) is 0 Å². The van der Waals surface area contributed by atoms with Crippen molar-refractivity contribution >= 4 is 48.4 Å². The Labute approximate surface area is 174 Å². The Morgan fingerprint density at radius 1 is 0.833 bits per heavy atom. The first-order chi connectivity index (χ1) is 14.5. The second-order valence-electron chi connectivity index (χ2n) is 7.13. The van der Waals surface area contributed by atoms with E-state index in [9.17, 15) is 19.6 Å². The summed E-state index contributed by atoms with van der Waals surface area (Å²) in [5.74, 6) is -0.458. The Kier molecular flexibility index (Phi) is 6.00. The highest BCUT2D eigenvalue weighted by molar-refractivity contribution is 6.62. The van der Waals surface area contributed by atoms with Crippen LogP contribution in [0.25, 0.3) is 0 Å². The van der Waals surface area contributed by atoms with E-state index in [0.29, 0.717) is 35.5 Å². The third-order valence-corrected chi connectivity index (χ3v) is 4.96. The average Bonchev–Trinajstić information content (AvgIpc) is 3.28. The fraction of sp³-hybridized carbons (Fsp3) is 0.200. The van der Waals surface area contributed by atoms with E-state index in [-0.39, 0.29) is 24.7 Å². The number of amides is 2. The number of carbonyl (C=O) groups excluding carboxylic acids is 2. The van der Waals surface area contributed by atoms with E-state index < -0.39 is 14.2 Å². The number of nitrogens with one attached hydrogen (secondary N) is 2. The number of hydrogen-bond acceptors (Lipinski definition) is 6. The summed E-state index contributed by atoms with van der Waals surface area (Å²) >= 11 is 0. The summed E-state index contributed by atoms with van der Waals surface area (Å²) in [6, 6.07) is 10.5. The predicted molar refractivity (Wildman–Crippen MR) is 113 cm³/mol. The summed E-state index contributed by atoms with van der Waals surface area (Å²) in [5, 5.41) is 25.0. The van der Waals surface area contributed by atoms with Crippen LogP contribution in [-0.2, 0) is 32.1 Å². The maximum atomic E-state index is 12.1. The molecule has 2 amide bonds. The number of fused-ring (bicyclic) bond motifs is 2. The molecule has 0 aliphatic carbocycles. The molecule has 0 bridgehead atoms. The van der Waals surface area contributed by atoms with Gasteiger partial charge in [0.1, 0.15) is 0 Å². The lowest BCUT2D eigenvalue weighted by atomic mass is 9.79. The summed E-state index contributed by atoms with van der Waals surface area (Å²) in [6.07, 6.45) is 3.48. The highest BCUT2D eigenvalue weighted by Gasteiger charge is 2.28. The Morgan fingerprint density at radius 2 is 1.27 bits per heavy atom. The van der Waals surface area contributed by atoms with Crippen molar-refractivity contribution in [3.8, 4) is 0 Å². The molecule has 152 valence electrons. The zero-order valence-electron chi connectivity index (χ0n) is 16.1. The van der Waals surface area contributed by atoms with Gasteiger partial charge in [0.05, 0.1) is 13.2 Å². The van der Waals surface area contributed by atoms with E-state index in [1.165, 1.54) is 0 Å². The maximum absolute atomic E-state index is 12.1. The van der Waals surface area contributed by atoms with Crippen molar-refractivity contribution < 1.29 is 28.9 Å². The van der Waals surface area contributed by atoms with E-state index in [2.05, 4.69) is 10.6 Å². The lowest BCUT2D eigenvalue weighted by molar-refractivity contribution is -0.116. The minimum Gasteiger partial charge on any atom is -0.423 e. The van der Waals surface area contributed by atoms with Crippen LogP contribution in [0.1, 0.15) is 24.0 Å². The molecule has 2 heterocycles. The van der Waals surface area contributed by atoms with Crippen LogP contribution < -0.4 is 21.6 Å². The second-order valence-corrected chi connectivity index (χ2v) is 7.13. The number of benzene rings is 2. The maximum Gasteiger partial charge on any atom is 0.491 e. The molecule has 2 aliphatic rings. The van der Waals surface area contributed by atoms with Gasteiger partial charge in [0.2, 0.25) is 11.8 Å². The van der Waals surface area contributed by atoms with Gasteiger partial charge >= 0.3 is 14.2 Å². The molecule has 8 nitrogen and oxygen atoms in total. The number of hydrogen-bond donors (Lipinski definition) is 4. The summed E-state index contributed by atoms with van der Waals surface area (Å²) in [5.41, 5.74) is 4.28. The van der Waals surface area contributed by atoms with E-state index in [0.717, 1.165) is 11.1 Å². The minimum absolute atomic E-state index is 0.117. The Balaban J connectivity index is 1.23. The molecule has 4 rings (SSSR count). The molecule has 0 unspecified atom stereocenters. The highest BCUT2D eigenvalue weighted by Crippen LogP contribution is 2.16. The fourth-order valence-corrected chi connectivity index (χ4v) is 3.39. The average molecular weight is 406 g/mol. The third-order valence-electron chi connectivity index (χ3n) is 4.96. The molecule has 10 heteroatoms. The molecule has 0 saturated heterocycles. The number of rotatable bonds is 6. The van der Waals surface area contributed by atoms with Gasteiger partial charge in [-0.15, -0.1) is 0 Å². The molecule has 4 N–H and O–H groups in total. The van der Waals surface area contributed by atoms with E-state index in [1.807, 2.05) is 12.1 Å². The van der Waals surface area contributed by atoms with Gasteiger partial charge in [0, 0.05) is 24.2 Å². The van der Waals surface area contributed by atoms with Crippen molar-refractivity contribution in [1.82, 2.24) is 0 Å². The zero-order chi connectivity index (χ0) is 21.1. The molecule has 0 spiro atoms. The van der Waals surface area contributed by atoms with Crippen molar-refractivity contribution in [3.63, 3.8) is 0 Å². The molecule has 0 aromatic heterocycles. The van der Waals surface area contributed by atoms with Gasteiger partial charge in [0.25, 0.3) is 0 Å².